The first-order valence-corrected chi connectivity index (χ1v) is 6.09. The standard InChI is InChI=1S/C12H9F4NOS.ClH/c13-8-6-7(11(17)10-2-1-5-19-10)3-4-9(8)18-12(14,15)16;/h1-6,11H,17H2;1H/t11-;/m0./s1. The van der Waals surface area contributed by atoms with Crippen molar-refractivity contribution in [3.05, 3.63) is 52.0 Å². The largest absolute Gasteiger partial charge is 0.573 e. The predicted molar refractivity (Wildman–Crippen MR) is 70.7 cm³/mol. The lowest BCUT2D eigenvalue weighted by atomic mass is 10.1. The Bertz CT molecular complexity index is 559. The molecule has 0 bridgehead atoms. The van der Waals surface area contributed by atoms with Gasteiger partial charge in [0.05, 0.1) is 6.04 Å². The molecule has 1 heterocycles. The number of rotatable bonds is 3. The van der Waals surface area contributed by atoms with Crippen molar-refractivity contribution < 1.29 is 22.3 Å². The minimum atomic E-state index is -4.92. The fraction of sp³-hybridized carbons (Fsp3) is 0.167. The van der Waals surface area contributed by atoms with Crippen LogP contribution in [0.4, 0.5) is 17.6 Å². The number of nitrogens with two attached hydrogens (primary N) is 1. The SMILES string of the molecule is Cl.N[C@@H](c1ccc(OC(F)(F)F)c(F)c1)c1cccs1. The number of hydrogen-bond acceptors (Lipinski definition) is 3. The Morgan fingerprint density at radius 3 is 2.40 bits per heavy atom. The highest BCUT2D eigenvalue weighted by Crippen LogP contribution is 2.30. The lowest BCUT2D eigenvalue weighted by molar-refractivity contribution is -0.275. The number of alkyl halides is 3. The highest BCUT2D eigenvalue weighted by molar-refractivity contribution is 7.10. The monoisotopic (exact) mass is 327 g/mol. The fourth-order valence-corrected chi connectivity index (χ4v) is 2.30. The Morgan fingerprint density at radius 1 is 1.20 bits per heavy atom. The second kappa shape index (κ2) is 6.43. The average molecular weight is 328 g/mol. The van der Waals surface area contributed by atoms with Crippen molar-refractivity contribution in [3.8, 4) is 5.75 Å². The van der Waals surface area contributed by atoms with E-state index < -0.39 is 24.0 Å². The molecule has 1 aromatic heterocycles. The molecular weight excluding hydrogens is 318 g/mol. The first-order chi connectivity index (χ1) is 8.87. The molecule has 2 aromatic rings. The molecule has 0 aliphatic rings. The number of hydrogen-bond donors (Lipinski definition) is 1. The molecular formula is C12H10ClF4NOS. The van der Waals surface area contributed by atoms with E-state index in [4.69, 9.17) is 5.73 Å². The van der Waals surface area contributed by atoms with Crippen molar-refractivity contribution >= 4 is 23.7 Å². The van der Waals surface area contributed by atoms with Gasteiger partial charge in [-0.15, -0.1) is 36.9 Å². The van der Waals surface area contributed by atoms with Gasteiger partial charge in [-0.1, -0.05) is 12.1 Å². The highest BCUT2D eigenvalue weighted by atomic mass is 35.5. The second-order valence-corrected chi connectivity index (χ2v) is 4.71. The van der Waals surface area contributed by atoms with E-state index in [9.17, 15) is 17.6 Å². The van der Waals surface area contributed by atoms with Gasteiger partial charge in [-0.2, -0.15) is 0 Å². The van der Waals surface area contributed by atoms with Gasteiger partial charge in [0.1, 0.15) is 0 Å². The molecule has 2 N–H and O–H groups in total. The van der Waals surface area contributed by atoms with Gasteiger partial charge in [0.2, 0.25) is 0 Å². The van der Waals surface area contributed by atoms with Gasteiger partial charge in [-0.05, 0) is 29.1 Å². The summed E-state index contributed by atoms with van der Waals surface area (Å²) in [7, 11) is 0. The second-order valence-electron chi connectivity index (χ2n) is 3.73. The smallest absolute Gasteiger partial charge is 0.403 e. The molecule has 0 saturated carbocycles. The van der Waals surface area contributed by atoms with Crippen molar-refractivity contribution in [2.45, 2.75) is 12.4 Å². The van der Waals surface area contributed by atoms with Crippen LogP contribution in [-0.2, 0) is 0 Å². The molecule has 0 fully saturated rings. The maximum atomic E-state index is 13.5. The summed E-state index contributed by atoms with van der Waals surface area (Å²) in [5.74, 6) is -1.96. The number of thiophene rings is 1. The Balaban J connectivity index is 0.00000200. The van der Waals surface area contributed by atoms with E-state index in [-0.39, 0.29) is 12.4 Å². The van der Waals surface area contributed by atoms with Crippen LogP contribution in [0.15, 0.2) is 35.7 Å². The van der Waals surface area contributed by atoms with E-state index in [1.54, 1.807) is 12.1 Å². The van der Waals surface area contributed by atoms with Crippen LogP contribution >= 0.6 is 23.7 Å². The molecule has 1 atom stereocenters. The lowest BCUT2D eigenvalue weighted by Crippen LogP contribution is -2.18. The Labute approximate surface area is 122 Å². The Kier molecular flexibility index (Phi) is 5.38. The molecule has 0 aliphatic carbocycles. The van der Waals surface area contributed by atoms with E-state index in [1.807, 2.05) is 5.38 Å². The quantitative estimate of drug-likeness (QED) is 0.855. The third-order valence-corrected chi connectivity index (χ3v) is 3.35. The molecule has 0 amide bonds. The molecule has 0 saturated heterocycles. The zero-order chi connectivity index (χ0) is 14.0. The van der Waals surface area contributed by atoms with Crippen molar-refractivity contribution in [1.82, 2.24) is 0 Å². The van der Waals surface area contributed by atoms with E-state index in [2.05, 4.69) is 4.74 Å². The van der Waals surface area contributed by atoms with Gasteiger partial charge >= 0.3 is 6.36 Å². The van der Waals surface area contributed by atoms with Crippen LogP contribution < -0.4 is 10.5 Å². The van der Waals surface area contributed by atoms with Crippen LogP contribution in [0.2, 0.25) is 0 Å². The summed E-state index contributed by atoms with van der Waals surface area (Å²) in [6, 6.07) is 6.17. The Morgan fingerprint density at radius 2 is 1.90 bits per heavy atom. The van der Waals surface area contributed by atoms with E-state index in [1.165, 1.54) is 17.4 Å². The molecule has 2 nitrogen and oxygen atoms in total. The van der Waals surface area contributed by atoms with Crippen LogP contribution in [0.5, 0.6) is 5.75 Å². The van der Waals surface area contributed by atoms with Gasteiger partial charge in [0.25, 0.3) is 0 Å². The van der Waals surface area contributed by atoms with Gasteiger partial charge in [-0.25, -0.2) is 4.39 Å². The first kappa shape index (κ1) is 16.7. The summed E-state index contributed by atoms with van der Waals surface area (Å²) in [4.78, 5) is 0.795. The van der Waals surface area contributed by atoms with Gasteiger partial charge in [0, 0.05) is 4.88 Å². The third kappa shape index (κ3) is 4.09. The van der Waals surface area contributed by atoms with Crippen molar-refractivity contribution in [2.24, 2.45) is 5.73 Å². The zero-order valence-electron chi connectivity index (χ0n) is 9.86. The summed E-state index contributed by atoms with van der Waals surface area (Å²) in [5.41, 5.74) is 6.27. The normalized spacial score (nSPS) is 12.7. The van der Waals surface area contributed by atoms with E-state index >= 15 is 0 Å². The van der Waals surface area contributed by atoms with Crippen LogP contribution in [0.1, 0.15) is 16.5 Å². The summed E-state index contributed by atoms with van der Waals surface area (Å²) in [6.45, 7) is 0. The summed E-state index contributed by atoms with van der Waals surface area (Å²) in [6.07, 6.45) is -4.92. The zero-order valence-corrected chi connectivity index (χ0v) is 11.5. The molecule has 0 unspecified atom stereocenters. The highest BCUT2D eigenvalue weighted by Gasteiger charge is 2.32. The van der Waals surface area contributed by atoms with Crippen LogP contribution in [0.3, 0.4) is 0 Å². The van der Waals surface area contributed by atoms with Crippen molar-refractivity contribution in [2.75, 3.05) is 0 Å². The predicted octanol–water partition coefficient (Wildman–Crippen LogP) is 4.26. The van der Waals surface area contributed by atoms with Gasteiger partial charge in [-0.3, -0.25) is 0 Å². The molecule has 0 spiro atoms. The minimum absolute atomic E-state index is 0. The average Bonchev–Trinajstić information content (AvgIpc) is 2.82. The molecule has 0 aliphatic heterocycles. The lowest BCUT2D eigenvalue weighted by Gasteiger charge is -2.13. The Hall–Kier alpha value is -1.31. The number of benzene rings is 1. The van der Waals surface area contributed by atoms with E-state index in [0.717, 1.165) is 17.0 Å². The summed E-state index contributed by atoms with van der Waals surface area (Å²) < 4.78 is 53.0. The number of ether oxygens (including phenoxy) is 1. The molecule has 2 rings (SSSR count). The minimum Gasteiger partial charge on any atom is -0.403 e. The maximum Gasteiger partial charge on any atom is 0.573 e. The van der Waals surface area contributed by atoms with Crippen LogP contribution in [0, 0.1) is 5.82 Å². The van der Waals surface area contributed by atoms with Crippen molar-refractivity contribution in [1.29, 1.82) is 0 Å². The summed E-state index contributed by atoms with van der Waals surface area (Å²) in [5, 5.41) is 1.81. The van der Waals surface area contributed by atoms with Gasteiger partial charge < -0.3 is 10.5 Å². The van der Waals surface area contributed by atoms with Crippen LogP contribution in [0.25, 0.3) is 0 Å². The van der Waals surface area contributed by atoms with E-state index in [0.29, 0.717) is 5.56 Å². The maximum absolute atomic E-state index is 13.5. The molecule has 20 heavy (non-hydrogen) atoms. The summed E-state index contributed by atoms with van der Waals surface area (Å²) >= 11 is 1.39. The fourth-order valence-electron chi connectivity index (χ4n) is 1.55. The van der Waals surface area contributed by atoms with Crippen LogP contribution in [-0.4, -0.2) is 6.36 Å². The first-order valence-electron chi connectivity index (χ1n) is 5.21. The third-order valence-electron chi connectivity index (χ3n) is 2.39. The topological polar surface area (TPSA) is 35.2 Å². The van der Waals surface area contributed by atoms with Gasteiger partial charge in [0.15, 0.2) is 11.6 Å². The number of halogens is 5. The molecule has 1 aromatic carbocycles. The molecule has 8 heteroatoms. The van der Waals surface area contributed by atoms with Crippen molar-refractivity contribution in [3.63, 3.8) is 0 Å². The molecule has 0 radical (unpaired) electrons. The molecule has 110 valence electrons.